The van der Waals surface area contributed by atoms with Crippen molar-refractivity contribution in [3.8, 4) is 0 Å². The summed E-state index contributed by atoms with van der Waals surface area (Å²) in [5.74, 6) is 0. The molecule has 1 heterocycles. The molecule has 1 aliphatic heterocycles. The second-order valence-electron chi connectivity index (χ2n) is 3.98. The zero-order valence-corrected chi connectivity index (χ0v) is 8.98. The standard InChI is InChI=1S/C11H18N2O2/c14-12-10-4-2-1-3-5-11(10)13-6-8-15-9-7-13/h5,14H,1-4,6-9H2/b12-10+. The Hall–Kier alpha value is -1.03. The van der Waals surface area contributed by atoms with Crippen LogP contribution in [0.1, 0.15) is 25.7 Å². The molecule has 84 valence electrons. The summed E-state index contributed by atoms with van der Waals surface area (Å²) in [6, 6.07) is 0. The van der Waals surface area contributed by atoms with Gasteiger partial charge >= 0.3 is 0 Å². The van der Waals surface area contributed by atoms with Crippen molar-refractivity contribution in [3.63, 3.8) is 0 Å². The van der Waals surface area contributed by atoms with Gasteiger partial charge in [-0.25, -0.2) is 0 Å². The van der Waals surface area contributed by atoms with Gasteiger partial charge in [-0.1, -0.05) is 11.2 Å². The Morgan fingerprint density at radius 1 is 1.27 bits per heavy atom. The highest BCUT2D eigenvalue weighted by molar-refractivity contribution is 5.99. The largest absolute Gasteiger partial charge is 0.411 e. The first kappa shape index (κ1) is 10.5. The van der Waals surface area contributed by atoms with E-state index in [1.165, 1.54) is 6.42 Å². The van der Waals surface area contributed by atoms with Crippen molar-refractivity contribution in [1.82, 2.24) is 4.90 Å². The van der Waals surface area contributed by atoms with Crippen LogP contribution in [-0.4, -0.2) is 42.1 Å². The quantitative estimate of drug-likeness (QED) is 0.528. The van der Waals surface area contributed by atoms with Gasteiger partial charge in [0, 0.05) is 13.1 Å². The molecule has 0 atom stereocenters. The van der Waals surface area contributed by atoms with Crippen molar-refractivity contribution in [2.45, 2.75) is 25.7 Å². The first-order chi connectivity index (χ1) is 7.42. The summed E-state index contributed by atoms with van der Waals surface area (Å²) < 4.78 is 5.32. The summed E-state index contributed by atoms with van der Waals surface area (Å²) in [5.41, 5.74) is 1.97. The Bertz CT molecular complexity index is 268. The summed E-state index contributed by atoms with van der Waals surface area (Å²) in [6.45, 7) is 3.36. The van der Waals surface area contributed by atoms with Gasteiger partial charge in [0.1, 0.15) is 5.71 Å². The van der Waals surface area contributed by atoms with Gasteiger partial charge in [0.05, 0.1) is 18.9 Å². The first-order valence-corrected chi connectivity index (χ1v) is 5.66. The smallest absolute Gasteiger partial charge is 0.102 e. The van der Waals surface area contributed by atoms with Crippen LogP contribution in [0.25, 0.3) is 0 Å². The normalized spacial score (nSPS) is 26.3. The van der Waals surface area contributed by atoms with E-state index in [2.05, 4.69) is 16.1 Å². The predicted octanol–water partition coefficient (Wildman–Crippen LogP) is 1.61. The van der Waals surface area contributed by atoms with Gasteiger partial charge in [-0.05, 0) is 25.7 Å². The van der Waals surface area contributed by atoms with Crippen LogP contribution in [0.5, 0.6) is 0 Å². The number of allylic oxidation sites excluding steroid dienone is 2. The summed E-state index contributed by atoms with van der Waals surface area (Å²) in [4.78, 5) is 2.27. The van der Waals surface area contributed by atoms with Crippen molar-refractivity contribution in [1.29, 1.82) is 0 Å². The first-order valence-electron chi connectivity index (χ1n) is 5.66. The summed E-state index contributed by atoms with van der Waals surface area (Å²) in [6.07, 6.45) is 6.48. The Morgan fingerprint density at radius 2 is 2.07 bits per heavy atom. The number of rotatable bonds is 1. The monoisotopic (exact) mass is 210 g/mol. The average Bonchev–Trinajstić information content (AvgIpc) is 2.55. The van der Waals surface area contributed by atoms with Crippen LogP contribution in [0.15, 0.2) is 16.9 Å². The molecule has 0 aromatic carbocycles. The van der Waals surface area contributed by atoms with Crippen LogP contribution in [0.3, 0.4) is 0 Å². The topological polar surface area (TPSA) is 45.1 Å². The van der Waals surface area contributed by atoms with E-state index in [0.717, 1.165) is 57.0 Å². The van der Waals surface area contributed by atoms with Crippen LogP contribution in [-0.2, 0) is 4.74 Å². The fraction of sp³-hybridized carbons (Fsp3) is 0.727. The molecule has 2 aliphatic rings. The highest BCUT2D eigenvalue weighted by atomic mass is 16.5. The maximum Gasteiger partial charge on any atom is 0.102 e. The molecule has 1 aliphatic carbocycles. The Balaban J connectivity index is 2.11. The van der Waals surface area contributed by atoms with Gasteiger partial charge in [-0.3, -0.25) is 0 Å². The van der Waals surface area contributed by atoms with Crippen LogP contribution in [0.4, 0.5) is 0 Å². The molecule has 0 saturated carbocycles. The van der Waals surface area contributed by atoms with Crippen LogP contribution in [0.2, 0.25) is 0 Å². The molecule has 1 N–H and O–H groups in total. The third kappa shape index (κ3) is 2.50. The lowest BCUT2D eigenvalue weighted by Crippen LogP contribution is -2.37. The number of nitrogens with zero attached hydrogens (tertiary/aromatic N) is 2. The molecule has 4 nitrogen and oxygen atoms in total. The zero-order chi connectivity index (χ0) is 10.5. The predicted molar refractivity (Wildman–Crippen MR) is 58.2 cm³/mol. The van der Waals surface area contributed by atoms with Crippen molar-refractivity contribution in [3.05, 3.63) is 11.8 Å². The van der Waals surface area contributed by atoms with E-state index in [0.29, 0.717) is 0 Å². The Morgan fingerprint density at radius 3 is 2.80 bits per heavy atom. The maximum atomic E-state index is 9.01. The van der Waals surface area contributed by atoms with Gasteiger partial charge in [0.25, 0.3) is 0 Å². The molecule has 0 spiro atoms. The molecule has 4 heteroatoms. The molecular formula is C11H18N2O2. The van der Waals surface area contributed by atoms with Gasteiger partial charge in [0.2, 0.25) is 0 Å². The molecule has 0 aromatic heterocycles. The zero-order valence-electron chi connectivity index (χ0n) is 8.98. The fourth-order valence-corrected chi connectivity index (χ4v) is 2.14. The van der Waals surface area contributed by atoms with Gasteiger partial charge in [-0.15, -0.1) is 0 Å². The second-order valence-corrected chi connectivity index (χ2v) is 3.98. The number of oxime groups is 1. The SMILES string of the molecule is O/N=C1\CCCCC=C1N1CCOCC1. The lowest BCUT2D eigenvalue weighted by molar-refractivity contribution is 0.0561. The minimum absolute atomic E-state index is 0.774. The number of morpholine rings is 1. The van der Waals surface area contributed by atoms with Crippen LogP contribution in [0, 0.1) is 0 Å². The minimum Gasteiger partial charge on any atom is -0.411 e. The molecule has 2 rings (SSSR count). The summed E-state index contributed by atoms with van der Waals surface area (Å²) in [5, 5.41) is 12.4. The van der Waals surface area contributed by atoms with E-state index in [9.17, 15) is 0 Å². The van der Waals surface area contributed by atoms with Gasteiger partial charge in [-0.2, -0.15) is 0 Å². The average molecular weight is 210 g/mol. The van der Waals surface area contributed by atoms with Crippen LogP contribution >= 0.6 is 0 Å². The lowest BCUT2D eigenvalue weighted by atomic mass is 10.1. The van der Waals surface area contributed by atoms with E-state index < -0.39 is 0 Å². The lowest BCUT2D eigenvalue weighted by Gasteiger charge is -2.30. The Labute approximate surface area is 90.2 Å². The van der Waals surface area contributed by atoms with Crippen molar-refractivity contribution in [2.24, 2.45) is 5.16 Å². The number of ether oxygens (including phenoxy) is 1. The van der Waals surface area contributed by atoms with E-state index >= 15 is 0 Å². The Kier molecular flexibility index (Phi) is 3.61. The highest BCUT2D eigenvalue weighted by Gasteiger charge is 2.19. The van der Waals surface area contributed by atoms with Gasteiger partial charge in [0.15, 0.2) is 0 Å². The number of hydrogen-bond acceptors (Lipinski definition) is 4. The fourth-order valence-electron chi connectivity index (χ4n) is 2.14. The van der Waals surface area contributed by atoms with E-state index in [4.69, 9.17) is 9.94 Å². The highest BCUT2D eigenvalue weighted by Crippen LogP contribution is 2.19. The molecule has 0 radical (unpaired) electrons. The molecular weight excluding hydrogens is 192 g/mol. The summed E-state index contributed by atoms with van der Waals surface area (Å²) in [7, 11) is 0. The summed E-state index contributed by atoms with van der Waals surface area (Å²) >= 11 is 0. The second kappa shape index (κ2) is 5.16. The van der Waals surface area contributed by atoms with Crippen molar-refractivity contribution >= 4 is 5.71 Å². The molecule has 0 bridgehead atoms. The minimum atomic E-state index is 0.774. The molecule has 0 unspecified atom stereocenters. The van der Waals surface area contributed by atoms with E-state index in [1.54, 1.807) is 0 Å². The number of hydrogen-bond donors (Lipinski definition) is 1. The van der Waals surface area contributed by atoms with Crippen molar-refractivity contribution < 1.29 is 9.94 Å². The van der Waals surface area contributed by atoms with Gasteiger partial charge < -0.3 is 14.8 Å². The van der Waals surface area contributed by atoms with E-state index in [1.807, 2.05) is 0 Å². The maximum absolute atomic E-state index is 9.01. The van der Waals surface area contributed by atoms with E-state index in [-0.39, 0.29) is 0 Å². The molecule has 1 saturated heterocycles. The van der Waals surface area contributed by atoms with Crippen LogP contribution < -0.4 is 0 Å². The molecule has 0 aromatic rings. The third-order valence-electron chi connectivity index (χ3n) is 2.97. The molecule has 1 fully saturated rings. The van der Waals surface area contributed by atoms with Crippen molar-refractivity contribution in [2.75, 3.05) is 26.3 Å². The molecule has 0 amide bonds. The molecule has 15 heavy (non-hydrogen) atoms. The third-order valence-corrected chi connectivity index (χ3v) is 2.97.